The van der Waals surface area contributed by atoms with Crippen molar-refractivity contribution in [1.82, 2.24) is 20.1 Å². The number of thioether (sulfide) groups is 1. The van der Waals surface area contributed by atoms with E-state index in [2.05, 4.69) is 15.5 Å². The van der Waals surface area contributed by atoms with Gasteiger partial charge in [-0.3, -0.25) is 4.79 Å². The van der Waals surface area contributed by atoms with Crippen LogP contribution in [0.3, 0.4) is 0 Å². The lowest BCUT2D eigenvalue weighted by Gasteiger charge is -2.40. The number of aromatic nitrogens is 3. The molecule has 0 bridgehead atoms. The lowest BCUT2D eigenvalue weighted by molar-refractivity contribution is -0.126. The van der Waals surface area contributed by atoms with Crippen molar-refractivity contribution in [3.8, 4) is 0 Å². The summed E-state index contributed by atoms with van der Waals surface area (Å²) in [4.78, 5) is 12.0. The molecule has 1 aromatic heterocycles. The second-order valence-electron chi connectivity index (χ2n) is 6.17. The molecule has 0 saturated heterocycles. The molecule has 2 atom stereocenters. The number of hydrogen-bond acceptors (Lipinski definition) is 5. The highest BCUT2D eigenvalue weighted by molar-refractivity contribution is 7.99. The highest BCUT2D eigenvalue weighted by Crippen LogP contribution is 2.38. The number of primary amides is 1. The topological polar surface area (TPSA) is 85.8 Å². The molecule has 6 nitrogen and oxygen atoms in total. The zero-order chi connectivity index (χ0) is 15.6. The van der Waals surface area contributed by atoms with Gasteiger partial charge in [0.1, 0.15) is 5.82 Å². The first-order chi connectivity index (χ1) is 9.84. The fourth-order valence-corrected chi connectivity index (χ4v) is 4.27. The molecule has 21 heavy (non-hydrogen) atoms. The third-order valence-corrected chi connectivity index (χ3v) is 5.37. The standard InChI is InChI=1S/C14H25N5OS/c1-9(2)16-14(12(15)20)7-5-6-11(8-14)21-13-18-17-10(3)19(13)4/h9,11,16H,5-8H2,1-4H3,(H2,15,20). The van der Waals surface area contributed by atoms with Crippen LogP contribution < -0.4 is 11.1 Å². The van der Waals surface area contributed by atoms with Crippen LogP contribution in [-0.2, 0) is 11.8 Å². The summed E-state index contributed by atoms with van der Waals surface area (Å²) in [6, 6.07) is 0.235. The molecule has 1 saturated carbocycles. The third-order valence-electron chi connectivity index (χ3n) is 4.07. The Morgan fingerprint density at radius 2 is 2.24 bits per heavy atom. The summed E-state index contributed by atoms with van der Waals surface area (Å²) in [6.07, 6.45) is 3.63. The second-order valence-corrected chi connectivity index (χ2v) is 7.44. The number of hydrogen-bond donors (Lipinski definition) is 2. The average Bonchev–Trinajstić information content (AvgIpc) is 2.70. The minimum absolute atomic E-state index is 0.235. The predicted molar refractivity (Wildman–Crippen MR) is 84.1 cm³/mol. The van der Waals surface area contributed by atoms with Crippen molar-refractivity contribution >= 4 is 17.7 Å². The van der Waals surface area contributed by atoms with E-state index in [-0.39, 0.29) is 11.9 Å². The summed E-state index contributed by atoms with van der Waals surface area (Å²) in [6.45, 7) is 6.03. The number of carbonyl (C=O) groups is 1. The number of nitrogens with zero attached hydrogens (tertiary/aromatic N) is 3. The van der Waals surface area contributed by atoms with Gasteiger partial charge in [-0.25, -0.2) is 0 Å². The van der Waals surface area contributed by atoms with E-state index < -0.39 is 5.54 Å². The number of carbonyl (C=O) groups excluding carboxylic acids is 1. The van der Waals surface area contributed by atoms with Crippen molar-refractivity contribution in [1.29, 1.82) is 0 Å². The van der Waals surface area contributed by atoms with Crippen molar-refractivity contribution in [2.75, 3.05) is 0 Å². The van der Waals surface area contributed by atoms with Gasteiger partial charge in [-0.15, -0.1) is 10.2 Å². The van der Waals surface area contributed by atoms with Crippen LogP contribution in [0.2, 0.25) is 0 Å². The molecule has 1 aliphatic carbocycles. The monoisotopic (exact) mass is 311 g/mol. The van der Waals surface area contributed by atoms with Crippen molar-refractivity contribution in [3.05, 3.63) is 5.82 Å². The van der Waals surface area contributed by atoms with E-state index in [1.54, 1.807) is 11.8 Å². The average molecular weight is 311 g/mol. The Bertz CT molecular complexity index is 515. The summed E-state index contributed by atoms with van der Waals surface area (Å²) in [5.74, 6) is 0.658. The fraction of sp³-hybridized carbons (Fsp3) is 0.786. The smallest absolute Gasteiger partial charge is 0.237 e. The molecule has 2 unspecified atom stereocenters. The molecule has 1 amide bonds. The summed E-state index contributed by atoms with van der Waals surface area (Å²) in [7, 11) is 1.97. The molecule has 1 aromatic rings. The van der Waals surface area contributed by atoms with Gasteiger partial charge in [0.05, 0.1) is 5.54 Å². The van der Waals surface area contributed by atoms with Crippen LogP contribution in [0, 0.1) is 6.92 Å². The highest BCUT2D eigenvalue weighted by Gasteiger charge is 2.42. The molecule has 0 radical (unpaired) electrons. The predicted octanol–water partition coefficient (Wildman–Crippen LogP) is 1.38. The molecule has 3 N–H and O–H groups in total. The van der Waals surface area contributed by atoms with E-state index in [4.69, 9.17) is 5.73 Å². The van der Waals surface area contributed by atoms with Gasteiger partial charge in [-0.05, 0) is 46.5 Å². The van der Waals surface area contributed by atoms with Crippen molar-refractivity contribution in [3.63, 3.8) is 0 Å². The van der Waals surface area contributed by atoms with E-state index in [0.29, 0.717) is 5.25 Å². The number of nitrogens with two attached hydrogens (primary N) is 1. The Balaban J connectivity index is 2.12. The van der Waals surface area contributed by atoms with Crippen LogP contribution in [0.5, 0.6) is 0 Å². The van der Waals surface area contributed by atoms with E-state index in [1.165, 1.54) is 0 Å². The van der Waals surface area contributed by atoms with E-state index in [9.17, 15) is 4.79 Å². The maximum atomic E-state index is 12.0. The minimum atomic E-state index is -0.586. The van der Waals surface area contributed by atoms with Crippen LogP contribution in [-0.4, -0.2) is 37.5 Å². The van der Waals surface area contributed by atoms with Gasteiger partial charge in [0.2, 0.25) is 5.91 Å². The first-order valence-corrected chi connectivity index (χ1v) is 8.32. The second kappa shape index (κ2) is 6.36. The van der Waals surface area contributed by atoms with Gasteiger partial charge in [0, 0.05) is 18.3 Å². The normalized spacial score (nSPS) is 26.2. The molecule has 0 aromatic carbocycles. The molecule has 1 fully saturated rings. The minimum Gasteiger partial charge on any atom is -0.368 e. The molecule has 7 heteroatoms. The van der Waals surface area contributed by atoms with Gasteiger partial charge >= 0.3 is 0 Å². The van der Waals surface area contributed by atoms with Gasteiger partial charge in [0.15, 0.2) is 5.16 Å². The summed E-state index contributed by atoms with van der Waals surface area (Å²) >= 11 is 1.70. The summed E-state index contributed by atoms with van der Waals surface area (Å²) in [5.41, 5.74) is 5.11. The molecule has 118 valence electrons. The van der Waals surface area contributed by atoms with Crippen molar-refractivity contribution in [2.24, 2.45) is 12.8 Å². The highest BCUT2D eigenvalue weighted by atomic mass is 32.2. The van der Waals surface area contributed by atoms with Crippen molar-refractivity contribution in [2.45, 2.75) is 68.4 Å². The molecule has 0 aliphatic heterocycles. The molecular formula is C14H25N5OS. The van der Waals surface area contributed by atoms with Gasteiger partial charge < -0.3 is 15.6 Å². The van der Waals surface area contributed by atoms with Gasteiger partial charge in [-0.2, -0.15) is 0 Å². The van der Waals surface area contributed by atoms with E-state index >= 15 is 0 Å². The Morgan fingerprint density at radius 1 is 1.52 bits per heavy atom. The van der Waals surface area contributed by atoms with E-state index in [1.807, 2.05) is 32.4 Å². The number of aryl methyl sites for hydroxylation is 1. The Morgan fingerprint density at radius 3 is 2.76 bits per heavy atom. The molecule has 1 aliphatic rings. The van der Waals surface area contributed by atoms with Crippen LogP contribution in [0.1, 0.15) is 45.4 Å². The Labute approximate surface area is 130 Å². The van der Waals surface area contributed by atoms with Crippen LogP contribution in [0.4, 0.5) is 0 Å². The van der Waals surface area contributed by atoms with Crippen LogP contribution >= 0.6 is 11.8 Å². The third kappa shape index (κ3) is 3.58. The maximum Gasteiger partial charge on any atom is 0.237 e. The van der Waals surface area contributed by atoms with E-state index in [0.717, 1.165) is 36.7 Å². The lowest BCUT2D eigenvalue weighted by Crippen LogP contribution is -2.60. The van der Waals surface area contributed by atoms with Crippen LogP contribution in [0.15, 0.2) is 5.16 Å². The first kappa shape index (κ1) is 16.3. The Hall–Kier alpha value is -1.08. The molecule has 0 spiro atoms. The largest absolute Gasteiger partial charge is 0.368 e. The van der Waals surface area contributed by atoms with Crippen LogP contribution in [0.25, 0.3) is 0 Å². The van der Waals surface area contributed by atoms with Gasteiger partial charge in [-0.1, -0.05) is 11.8 Å². The molecular weight excluding hydrogens is 286 g/mol. The zero-order valence-electron chi connectivity index (χ0n) is 13.2. The first-order valence-electron chi connectivity index (χ1n) is 7.44. The van der Waals surface area contributed by atoms with Crippen molar-refractivity contribution < 1.29 is 4.79 Å². The number of amides is 1. The van der Waals surface area contributed by atoms with Gasteiger partial charge in [0.25, 0.3) is 0 Å². The number of rotatable bonds is 5. The molecule has 2 rings (SSSR count). The SMILES string of the molecule is Cc1nnc(SC2CCCC(NC(C)C)(C(N)=O)C2)n1C. The summed E-state index contributed by atoms with van der Waals surface area (Å²) < 4.78 is 1.99. The molecule has 1 heterocycles. The Kier molecular flexibility index (Phi) is 4.93. The zero-order valence-corrected chi connectivity index (χ0v) is 14.0. The maximum absolute atomic E-state index is 12.0. The summed E-state index contributed by atoms with van der Waals surface area (Å²) in [5, 5.41) is 12.9. The quantitative estimate of drug-likeness (QED) is 0.858. The number of nitrogens with one attached hydrogen (secondary N) is 1. The fourth-order valence-electron chi connectivity index (χ4n) is 2.94. The lowest BCUT2D eigenvalue weighted by atomic mass is 9.80.